The minimum absolute atomic E-state index is 0.0462. The molecule has 3 rings (SSSR count). The van der Waals surface area contributed by atoms with Gasteiger partial charge in [-0.3, -0.25) is 0 Å². The third kappa shape index (κ3) is 2.23. The van der Waals surface area contributed by atoms with Gasteiger partial charge < -0.3 is 15.8 Å². The monoisotopic (exact) mass is 269 g/mol. The summed E-state index contributed by atoms with van der Waals surface area (Å²) in [6.45, 7) is 5.66. The van der Waals surface area contributed by atoms with Gasteiger partial charge in [0.2, 0.25) is 5.52 Å². The number of fused-ring (bicyclic) bond motifs is 1. The van der Waals surface area contributed by atoms with Gasteiger partial charge in [0.05, 0.1) is 0 Å². The summed E-state index contributed by atoms with van der Waals surface area (Å²) < 4.78 is 0.919. The van der Waals surface area contributed by atoms with E-state index >= 15 is 0 Å². The highest BCUT2D eigenvalue weighted by Gasteiger charge is 2.26. The van der Waals surface area contributed by atoms with Gasteiger partial charge in [-0.2, -0.15) is 4.73 Å². The molecule has 0 amide bonds. The maximum atomic E-state index is 11.8. The Hall–Kier alpha value is -2.07. The minimum atomic E-state index is 0.0462. The summed E-state index contributed by atoms with van der Waals surface area (Å²) >= 11 is 0. The predicted octanol–water partition coefficient (Wildman–Crippen LogP) is 1.81. The first-order valence-corrected chi connectivity index (χ1v) is 6.94. The van der Waals surface area contributed by atoms with Crippen molar-refractivity contribution in [3.8, 4) is 0 Å². The molecule has 2 unspecified atom stereocenters. The van der Waals surface area contributed by atoms with Crippen LogP contribution in [0, 0.1) is 11.1 Å². The molecule has 4 heteroatoms. The zero-order chi connectivity index (χ0) is 14.1. The van der Waals surface area contributed by atoms with Crippen molar-refractivity contribution in [3.05, 3.63) is 54.4 Å². The molecule has 0 spiro atoms. The van der Waals surface area contributed by atoms with Crippen molar-refractivity contribution >= 4 is 16.6 Å². The summed E-state index contributed by atoms with van der Waals surface area (Å²) in [5.41, 5.74) is 7.83. The van der Waals surface area contributed by atoms with Crippen molar-refractivity contribution in [3.63, 3.8) is 0 Å². The number of benzene rings is 1. The van der Waals surface area contributed by atoms with Gasteiger partial charge in [-0.1, -0.05) is 6.08 Å². The summed E-state index contributed by atoms with van der Waals surface area (Å²) in [4.78, 5) is 2.29. The number of nitrogens with zero attached hydrogens (tertiary/aromatic N) is 2. The Bertz CT molecular complexity index is 641. The molecule has 1 saturated heterocycles. The van der Waals surface area contributed by atoms with E-state index in [0.717, 1.165) is 35.3 Å². The van der Waals surface area contributed by atoms with E-state index in [1.54, 1.807) is 6.07 Å². The fraction of sp³-hybridized carbons (Fsp3) is 0.312. The molecular formula is C16H19N3O. The van der Waals surface area contributed by atoms with Crippen LogP contribution in [0.25, 0.3) is 10.9 Å². The standard InChI is InChI=1S/C16H19N3O/c1-2-15(17)13-7-9-18(11-13)14-6-5-12-4-3-8-19(20)16(12)10-14/h2-6,8,10,13,15H,1,7,9,11,17H2. The van der Waals surface area contributed by atoms with Crippen LogP contribution < -0.4 is 15.4 Å². The van der Waals surface area contributed by atoms with Gasteiger partial charge in [0.1, 0.15) is 0 Å². The van der Waals surface area contributed by atoms with E-state index in [-0.39, 0.29) is 6.04 Å². The van der Waals surface area contributed by atoms with Crippen molar-refractivity contribution in [1.82, 2.24) is 0 Å². The van der Waals surface area contributed by atoms with Crippen LogP contribution in [0.4, 0.5) is 5.69 Å². The van der Waals surface area contributed by atoms with E-state index in [9.17, 15) is 5.21 Å². The molecule has 2 atom stereocenters. The number of aromatic nitrogens is 1. The van der Waals surface area contributed by atoms with Crippen LogP contribution in [0.5, 0.6) is 0 Å². The van der Waals surface area contributed by atoms with E-state index < -0.39 is 0 Å². The molecule has 2 aromatic rings. The van der Waals surface area contributed by atoms with Crippen LogP contribution in [-0.2, 0) is 0 Å². The summed E-state index contributed by atoms with van der Waals surface area (Å²) in [6.07, 6.45) is 4.42. The molecule has 1 aliphatic rings. The number of hydrogen-bond donors (Lipinski definition) is 1. The van der Waals surface area contributed by atoms with Gasteiger partial charge in [0.25, 0.3) is 0 Å². The van der Waals surface area contributed by atoms with Crippen LogP contribution >= 0.6 is 0 Å². The molecule has 104 valence electrons. The maximum Gasteiger partial charge on any atom is 0.225 e. The van der Waals surface area contributed by atoms with Crippen molar-refractivity contribution < 1.29 is 4.73 Å². The molecule has 1 aliphatic heterocycles. The molecule has 20 heavy (non-hydrogen) atoms. The summed E-state index contributed by atoms with van der Waals surface area (Å²) in [7, 11) is 0. The van der Waals surface area contributed by atoms with Gasteiger partial charge >= 0.3 is 0 Å². The molecule has 4 nitrogen and oxygen atoms in total. The zero-order valence-corrected chi connectivity index (χ0v) is 11.4. The van der Waals surface area contributed by atoms with E-state index in [1.807, 2.05) is 24.3 Å². The van der Waals surface area contributed by atoms with E-state index in [1.165, 1.54) is 6.20 Å². The molecule has 0 radical (unpaired) electrons. The van der Waals surface area contributed by atoms with Crippen LogP contribution in [-0.4, -0.2) is 19.1 Å². The molecular weight excluding hydrogens is 250 g/mol. The molecule has 0 saturated carbocycles. The highest BCUT2D eigenvalue weighted by atomic mass is 16.5. The first-order chi connectivity index (χ1) is 9.69. The highest BCUT2D eigenvalue weighted by molar-refractivity contribution is 5.79. The summed E-state index contributed by atoms with van der Waals surface area (Å²) in [5.74, 6) is 0.443. The Kier molecular flexibility index (Phi) is 3.32. The number of hydrogen-bond acceptors (Lipinski definition) is 3. The smallest absolute Gasteiger partial charge is 0.225 e. The average Bonchev–Trinajstić information content (AvgIpc) is 2.96. The first kappa shape index (κ1) is 12.9. The van der Waals surface area contributed by atoms with Gasteiger partial charge in [-0.05, 0) is 30.5 Å². The van der Waals surface area contributed by atoms with Crippen LogP contribution in [0.1, 0.15) is 6.42 Å². The molecule has 2 heterocycles. The van der Waals surface area contributed by atoms with Gasteiger partial charge in [-0.15, -0.1) is 6.58 Å². The first-order valence-electron chi connectivity index (χ1n) is 6.94. The van der Waals surface area contributed by atoms with Crippen molar-refractivity contribution in [2.75, 3.05) is 18.0 Å². The Morgan fingerprint density at radius 1 is 1.45 bits per heavy atom. The second-order valence-corrected chi connectivity index (χ2v) is 5.38. The molecule has 0 aliphatic carbocycles. The minimum Gasteiger partial charge on any atom is -0.618 e. The summed E-state index contributed by atoms with van der Waals surface area (Å²) in [6, 6.07) is 9.80. The van der Waals surface area contributed by atoms with Crippen molar-refractivity contribution in [2.24, 2.45) is 11.7 Å². The van der Waals surface area contributed by atoms with Crippen LogP contribution in [0.2, 0.25) is 0 Å². The summed E-state index contributed by atoms with van der Waals surface area (Å²) in [5, 5.41) is 12.8. The second kappa shape index (κ2) is 5.13. The lowest BCUT2D eigenvalue weighted by molar-refractivity contribution is -0.576. The fourth-order valence-corrected chi connectivity index (χ4v) is 2.89. The number of nitrogens with two attached hydrogens (primary N) is 1. The van der Waals surface area contributed by atoms with Gasteiger partial charge in [-0.25, -0.2) is 0 Å². The Morgan fingerprint density at radius 2 is 2.30 bits per heavy atom. The zero-order valence-electron chi connectivity index (χ0n) is 11.4. The Labute approximate surface area is 118 Å². The molecule has 0 bridgehead atoms. The third-order valence-corrected chi connectivity index (χ3v) is 4.16. The largest absolute Gasteiger partial charge is 0.618 e. The lowest BCUT2D eigenvalue weighted by Gasteiger charge is -2.20. The lowest BCUT2D eigenvalue weighted by atomic mass is 10.0. The fourth-order valence-electron chi connectivity index (χ4n) is 2.89. The topological polar surface area (TPSA) is 56.2 Å². The maximum absolute atomic E-state index is 11.8. The van der Waals surface area contributed by atoms with Crippen LogP contribution in [0.15, 0.2) is 49.2 Å². The average molecular weight is 269 g/mol. The Morgan fingerprint density at radius 3 is 3.10 bits per heavy atom. The highest BCUT2D eigenvalue weighted by Crippen LogP contribution is 2.27. The van der Waals surface area contributed by atoms with Crippen molar-refractivity contribution in [2.45, 2.75) is 12.5 Å². The number of pyridine rings is 1. The number of rotatable bonds is 3. The van der Waals surface area contributed by atoms with E-state index in [0.29, 0.717) is 11.4 Å². The van der Waals surface area contributed by atoms with Crippen LogP contribution in [0.3, 0.4) is 0 Å². The number of anilines is 1. The Balaban J connectivity index is 1.88. The van der Waals surface area contributed by atoms with Gasteiger partial charge in [0, 0.05) is 42.3 Å². The third-order valence-electron chi connectivity index (χ3n) is 4.16. The molecule has 1 aromatic heterocycles. The molecule has 1 aromatic carbocycles. The van der Waals surface area contributed by atoms with E-state index in [2.05, 4.69) is 17.5 Å². The normalized spacial score (nSPS) is 20.2. The predicted molar refractivity (Wildman–Crippen MR) is 81.4 cm³/mol. The van der Waals surface area contributed by atoms with Gasteiger partial charge in [0.15, 0.2) is 6.20 Å². The van der Waals surface area contributed by atoms with Crippen molar-refractivity contribution in [1.29, 1.82) is 0 Å². The SMILES string of the molecule is C=CC(N)C1CCN(c2ccc3ccc[n+]([O-])c3c2)C1. The van der Waals surface area contributed by atoms with E-state index in [4.69, 9.17) is 5.73 Å². The lowest BCUT2D eigenvalue weighted by Crippen LogP contribution is -2.31. The molecule has 1 fully saturated rings. The second-order valence-electron chi connectivity index (χ2n) is 5.38. The quantitative estimate of drug-likeness (QED) is 0.525. The molecule has 2 N–H and O–H groups in total.